The molecule has 2 aliphatic rings. The number of fused-ring (bicyclic) bond motifs is 5. The van der Waals surface area contributed by atoms with E-state index in [2.05, 4.69) is 15.1 Å². The third kappa shape index (κ3) is 3.91. The number of hydrogen-bond acceptors (Lipinski definition) is 5. The zero-order valence-electron chi connectivity index (χ0n) is 19.4. The number of amides is 1. The van der Waals surface area contributed by atoms with Crippen LogP contribution in [-0.2, 0) is 13.2 Å². The minimum Gasteiger partial charge on any atom is -0.493 e. The van der Waals surface area contributed by atoms with Crippen LogP contribution in [0.1, 0.15) is 28.4 Å². The Bertz CT molecular complexity index is 1560. The summed E-state index contributed by atoms with van der Waals surface area (Å²) in [6, 6.07) is 18.0. The molecule has 36 heavy (non-hydrogen) atoms. The monoisotopic (exact) mass is 485 g/mol. The van der Waals surface area contributed by atoms with Gasteiger partial charge in [-0.3, -0.25) is 19.1 Å². The lowest BCUT2D eigenvalue weighted by atomic mass is 9.83. The zero-order valence-corrected chi connectivity index (χ0v) is 19.4. The first-order valence-corrected chi connectivity index (χ1v) is 11.9. The predicted octanol–water partition coefficient (Wildman–Crippen LogP) is 4.65. The van der Waals surface area contributed by atoms with E-state index in [1.807, 2.05) is 41.0 Å². The standard InChI is InChI=1S/C27H24FN5O3/c28-20-10-8-18(9-11-20)26(35)30-29-25-21-4-1-2-5-23(21)33(27(25)36)16-31-13-17-12-19(15-31)22-6-3-7-24(34)32(22)14-17/h1-11,17,19,36H,12-16H2/t17-,19-/m1/s1. The first kappa shape index (κ1) is 22.4. The van der Waals surface area contributed by atoms with E-state index in [1.54, 1.807) is 10.6 Å². The summed E-state index contributed by atoms with van der Waals surface area (Å²) < 4.78 is 16.9. The third-order valence-corrected chi connectivity index (χ3v) is 7.15. The summed E-state index contributed by atoms with van der Waals surface area (Å²) in [5.74, 6) is -0.527. The molecule has 8 nitrogen and oxygen atoms in total. The fourth-order valence-corrected chi connectivity index (χ4v) is 5.57. The normalized spacial score (nSPS) is 19.6. The molecule has 4 heterocycles. The molecular formula is C27H24FN5O3. The number of carbonyl (C=O) groups is 1. The number of likely N-dealkylation sites (tertiary alicyclic amines) is 1. The summed E-state index contributed by atoms with van der Waals surface area (Å²) in [4.78, 5) is 27.0. The number of benzene rings is 2. The van der Waals surface area contributed by atoms with Gasteiger partial charge in [-0.15, -0.1) is 10.2 Å². The number of nitrogens with zero attached hydrogens (tertiary/aromatic N) is 5. The smallest absolute Gasteiger partial charge is 0.295 e. The Labute approximate surface area is 205 Å². The molecule has 6 rings (SSSR count). The van der Waals surface area contributed by atoms with Crippen molar-refractivity contribution >= 4 is 22.5 Å². The van der Waals surface area contributed by atoms with Crippen LogP contribution in [0.5, 0.6) is 5.88 Å². The second kappa shape index (κ2) is 8.83. The number of carbonyl (C=O) groups excluding carboxylic acids is 1. The molecule has 2 bridgehead atoms. The van der Waals surface area contributed by atoms with Gasteiger partial charge in [-0.2, -0.15) is 0 Å². The maximum absolute atomic E-state index is 13.2. The summed E-state index contributed by atoms with van der Waals surface area (Å²) in [6.07, 6.45) is 1.04. The van der Waals surface area contributed by atoms with E-state index in [0.29, 0.717) is 24.5 Å². The number of hydrogen-bond donors (Lipinski definition) is 1. The van der Waals surface area contributed by atoms with E-state index < -0.39 is 11.7 Å². The number of rotatable bonds is 4. The minimum absolute atomic E-state index is 0.0508. The fourth-order valence-electron chi connectivity index (χ4n) is 5.57. The minimum atomic E-state index is -0.621. The number of aromatic hydroxyl groups is 1. The molecule has 2 aliphatic heterocycles. The Morgan fingerprint density at radius 3 is 2.64 bits per heavy atom. The van der Waals surface area contributed by atoms with Crippen molar-refractivity contribution in [3.63, 3.8) is 0 Å². The number of azo groups is 1. The molecular weight excluding hydrogens is 461 g/mol. The van der Waals surface area contributed by atoms with Crippen molar-refractivity contribution in [1.29, 1.82) is 0 Å². The summed E-state index contributed by atoms with van der Waals surface area (Å²) in [6.45, 7) is 2.72. The first-order chi connectivity index (χ1) is 17.5. The maximum atomic E-state index is 13.2. The lowest BCUT2D eigenvalue weighted by Gasteiger charge is -2.42. The van der Waals surface area contributed by atoms with Gasteiger partial charge in [0.15, 0.2) is 5.69 Å². The van der Waals surface area contributed by atoms with E-state index in [9.17, 15) is 19.1 Å². The first-order valence-electron chi connectivity index (χ1n) is 11.9. The van der Waals surface area contributed by atoms with Crippen molar-refractivity contribution in [3.8, 4) is 5.88 Å². The van der Waals surface area contributed by atoms with Crippen LogP contribution < -0.4 is 5.56 Å². The largest absolute Gasteiger partial charge is 0.493 e. The second-order valence-corrected chi connectivity index (χ2v) is 9.50. The van der Waals surface area contributed by atoms with Gasteiger partial charge in [-0.05, 0) is 48.7 Å². The molecule has 182 valence electrons. The zero-order chi connectivity index (χ0) is 24.8. The van der Waals surface area contributed by atoms with Crippen LogP contribution in [0.3, 0.4) is 0 Å². The Morgan fingerprint density at radius 2 is 1.81 bits per heavy atom. The topological polar surface area (TPSA) is 92.2 Å². The highest BCUT2D eigenvalue weighted by molar-refractivity contribution is 5.97. The van der Waals surface area contributed by atoms with Gasteiger partial charge >= 0.3 is 0 Å². The predicted molar refractivity (Wildman–Crippen MR) is 132 cm³/mol. The molecule has 1 amide bonds. The Balaban J connectivity index is 1.29. The Hall–Kier alpha value is -4.11. The lowest BCUT2D eigenvalue weighted by molar-refractivity contribution is 0.0922. The van der Waals surface area contributed by atoms with Crippen LogP contribution in [0.25, 0.3) is 10.9 Å². The Morgan fingerprint density at radius 1 is 1.00 bits per heavy atom. The summed E-state index contributed by atoms with van der Waals surface area (Å²) in [7, 11) is 0. The van der Waals surface area contributed by atoms with Crippen molar-refractivity contribution in [2.24, 2.45) is 16.1 Å². The summed E-state index contributed by atoms with van der Waals surface area (Å²) >= 11 is 0. The van der Waals surface area contributed by atoms with E-state index in [4.69, 9.17) is 0 Å². The van der Waals surface area contributed by atoms with E-state index in [1.165, 1.54) is 24.3 Å². The van der Waals surface area contributed by atoms with E-state index in [-0.39, 0.29) is 28.6 Å². The average Bonchev–Trinajstić information content (AvgIpc) is 3.14. The molecule has 0 spiro atoms. The molecule has 0 saturated carbocycles. The van der Waals surface area contributed by atoms with Crippen LogP contribution >= 0.6 is 0 Å². The van der Waals surface area contributed by atoms with Crippen molar-refractivity contribution in [1.82, 2.24) is 14.0 Å². The maximum Gasteiger partial charge on any atom is 0.295 e. The molecule has 1 saturated heterocycles. The molecule has 2 aromatic carbocycles. The van der Waals surface area contributed by atoms with Crippen LogP contribution in [0.15, 0.2) is 81.8 Å². The number of halogens is 1. The van der Waals surface area contributed by atoms with Gasteiger partial charge in [0, 0.05) is 48.3 Å². The van der Waals surface area contributed by atoms with Gasteiger partial charge in [0.2, 0.25) is 5.88 Å². The number of aromatic nitrogens is 2. The van der Waals surface area contributed by atoms with Gasteiger partial charge in [-0.25, -0.2) is 4.39 Å². The van der Waals surface area contributed by atoms with Gasteiger partial charge in [0.25, 0.3) is 11.5 Å². The highest BCUT2D eigenvalue weighted by Gasteiger charge is 2.35. The molecule has 2 aromatic heterocycles. The van der Waals surface area contributed by atoms with Gasteiger partial charge in [0.05, 0.1) is 12.2 Å². The lowest BCUT2D eigenvalue weighted by Crippen LogP contribution is -2.47. The quantitative estimate of drug-likeness (QED) is 0.426. The third-order valence-electron chi connectivity index (χ3n) is 7.15. The molecule has 1 N–H and O–H groups in total. The van der Waals surface area contributed by atoms with Crippen LogP contribution in [0.4, 0.5) is 10.1 Å². The SMILES string of the molecule is O=C(N=Nc1c(O)n(CN2C[C@H]3C[C@H](C2)c2cccc(=O)n2C3)c2ccccc12)c1ccc(F)cc1. The highest BCUT2D eigenvalue weighted by atomic mass is 19.1. The molecule has 2 atom stereocenters. The van der Waals surface area contributed by atoms with Crippen molar-refractivity contribution in [2.75, 3.05) is 13.1 Å². The molecule has 1 fully saturated rings. The molecule has 0 radical (unpaired) electrons. The van der Waals surface area contributed by atoms with E-state index >= 15 is 0 Å². The number of pyridine rings is 1. The summed E-state index contributed by atoms with van der Waals surface area (Å²) in [5.41, 5.74) is 2.33. The van der Waals surface area contributed by atoms with Gasteiger partial charge in [-0.1, -0.05) is 24.3 Å². The van der Waals surface area contributed by atoms with Crippen molar-refractivity contribution in [2.45, 2.75) is 25.6 Å². The fraction of sp³-hybridized carbons (Fsp3) is 0.259. The molecule has 0 aliphatic carbocycles. The summed E-state index contributed by atoms with van der Waals surface area (Å²) in [5, 5.41) is 19.7. The van der Waals surface area contributed by atoms with Gasteiger partial charge < -0.3 is 9.67 Å². The molecule has 9 heteroatoms. The molecule has 4 aromatic rings. The van der Waals surface area contributed by atoms with Crippen molar-refractivity contribution in [3.05, 3.63) is 94.2 Å². The average molecular weight is 486 g/mol. The van der Waals surface area contributed by atoms with Crippen LogP contribution in [0.2, 0.25) is 0 Å². The Kier molecular flexibility index (Phi) is 5.49. The highest BCUT2D eigenvalue weighted by Crippen LogP contribution is 2.40. The second-order valence-electron chi connectivity index (χ2n) is 9.50. The number of piperidine rings is 1. The van der Waals surface area contributed by atoms with Crippen molar-refractivity contribution < 1.29 is 14.3 Å². The van der Waals surface area contributed by atoms with Crippen LogP contribution in [0, 0.1) is 11.7 Å². The van der Waals surface area contributed by atoms with Gasteiger partial charge in [0.1, 0.15) is 5.82 Å². The molecule has 0 unspecified atom stereocenters. The number of para-hydroxylation sites is 1. The van der Waals surface area contributed by atoms with Crippen LogP contribution in [-0.4, -0.2) is 38.1 Å². The van der Waals surface area contributed by atoms with E-state index in [0.717, 1.165) is 30.7 Å².